The van der Waals surface area contributed by atoms with Crippen LogP contribution < -0.4 is 0 Å². The van der Waals surface area contributed by atoms with Crippen molar-refractivity contribution in [1.82, 2.24) is 0 Å². The van der Waals surface area contributed by atoms with E-state index in [1.165, 1.54) is 0 Å². The third kappa shape index (κ3) is 2.05. The molecule has 0 aliphatic rings. The van der Waals surface area contributed by atoms with Gasteiger partial charge in [0, 0.05) is 6.26 Å². The molecular formula is C7H5BrF2O2S. The van der Waals surface area contributed by atoms with E-state index in [4.69, 9.17) is 0 Å². The van der Waals surface area contributed by atoms with E-state index in [9.17, 15) is 17.2 Å². The summed E-state index contributed by atoms with van der Waals surface area (Å²) in [7, 11) is -3.71. The molecule has 0 aliphatic carbocycles. The molecule has 0 fully saturated rings. The standard InChI is InChI=1S/C7H5BrF2O2S/c1-13(11,12)5-3-2-4(8)6(9)7(5)10/h2-3H,1H3. The zero-order valence-electron chi connectivity index (χ0n) is 6.51. The molecule has 1 rings (SSSR count). The largest absolute Gasteiger partial charge is 0.224 e. The molecule has 0 aromatic heterocycles. The van der Waals surface area contributed by atoms with E-state index in [1.807, 2.05) is 0 Å². The maximum Gasteiger partial charge on any atom is 0.178 e. The molecule has 6 heteroatoms. The van der Waals surface area contributed by atoms with Crippen molar-refractivity contribution in [2.24, 2.45) is 0 Å². The fraction of sp³-hybridized carbons (Fsp3) is 0.143. The highest BCUT2D eigenvalue weighted by Gasteiger charge is 2.18. The fourth-order valence-electron chi connectivity index (χ4n) is 0.795. The van der Waals surface area contributed by atoms with Gasteiger partial charge in [0.15, 0.2) is 21.5 Å². The van der Waals surface area contributed by atoms with Gasteiger partial charge in [-0.1, -0.05) is 0 Å². The number of hydrogen-bond donors (Lipinski definition) is 0. The van der Waals surface area contributed by atoms with Crippen LogP contribution in [0.1, 0.15) is 0 Å². The van der Waals surface area contributed by atoms with Crippen molar-refractivity contribution < 1.29 is 17.2 Å². The van der Waals surface area contributed by atoms with Crippen LogP contribution in [0.15, 0.2) is 21.5 Å². The molecule has 0 bridgehead atoms. The predicted molar refractivity (Wildman–Crippen MR) is 47.2 cm³/mol. The van der Waals surface area contributed by atoms with E-state index in [1.54, 1.807) is 0 Å². The molecule has 0 unspecified atom stereocenters. The van der Waals surface area contributed by atoms with Crippen LogP contribution in [0, 0.1) is 11.6 Å². The number of halogens is 3. The van der Waals surface area contributed by atoms with Crippen LogP contribution in [0.2, 0.25) is 0 Å². The second-order valence-corrected chi connectivity index (χ2v) is 5.28. The molecule has 0 spiro atoms. The van der Waals surface area contributed by atoms with Crippen LogP contribution in [0.25, 0.3) is 0 Å². The number of rotatable bonds is 1. The number of sulfone groups is 1. The van der Waals surface area contributed by atoms with E-state index < -0.39 is 26.4 Å². The summed E-state index contributed by atoms with van der Waals surface area (Å²) in [6.07, 6.45) is 0.818. The highest BCUT2D eigenvalue weighted by Crippen LogP contribution is 2.23. The van der Waals surface area contributed by atoms with E-state index in [2.05, 4.69) is 15.9 Å². The Hall–Kier alpha value is -0.490. The van der Waals surface area contributed by atoms with Crippen LogP contribution in [0.4, 0.5) is 8.78 Å². The summed E-state index contributed by atoms with van der Waals surface area (Å²) in [5.41, 5.74) is 0. The number of hydrogen-bond acceptors (Lipinski definition) is 2. The van der Waals surface area contributed by atoms with Gasteiger partial charge in [-0.2, -0.15) is 0 Å². The molecule has 13 heavy (non-hydrogen) atoms. The minimum absolute atomic E-state index is 0.0996. The Balaban J connectivity index is 3.53. The summed E-state index contributed by atoms with van der Waals surface area (Å²) in [5.74, 6) is -2.54. The third-order valence-corrected chi connectivity index (χ3v) is 3.13. The van der Waals surface area contributed by atoms with Crippen molar-refractivity contribution in [2.45, 2.75) is 4.90 Å². The molecular weight excluding hydrogens is 266 g/mol. The molecule has 1 aromatic carbocycles. The lowest BCUT2D eigenvalue weighted by Gasteiger charge is -2.02. The molecule has 0 atom stereocenters. The molecule has 0 saturated carbocycles. The minimum Gasteiger partial charge on any atom is -0.224 e. The molecule has 0 N–H and O–H groups in total. The lowest BCUT2D eigenvalue weighted by Crippen LogP contribution is -2.02. The topological polar surface area (TPSA) is 34.1 Å². The summed E-state index contributed by atoms with van der Waals surface area (Å²) >= 11 is 2.74. The zero-order chi connectivity index (χ0) is 10.2. The van der Waals surface area contributed by atoms with Gasteiger partial charge in [0.1, 0.15) is 4.90 Å². The normalized spacial score (nSPS) is 11.7. The van der Waals surface area contributed by atoms with Gasteiger partial charge in [-0.15, -0.1) is 0 Å². The highest BCUT2D eigenvalue weighted by molar-refractivity contribution is 9.10. The fourth-order valence-corrected chi connectivity index (χ4v) is 1.83. The Labute approximate surface area is 82.6 Å². The maximum absolute atomic E-state index is 13.0. The summed E-state index contributed by atoms with van der Waals surface area (Å²) in [6.45, 7) is 0. The lowest BCUT2D eigenvalue weighted by atomic mass is 10.3. The van der Waals surface area contributed by atoms with Crippen LogP contribution in [0.3, 0.4) is 0 Å². The van der Waals surface area contributed by atoms with Crippen molar-refractivity contribution >= 4 is 25.8 Å². The Morgan fingerprint density at radius 3 is 2.23 bits per heavy atom. The molecule has 0 aliphatic heterocycles. The highest BCUT2D eigenvalue weighted by atomic mass is 79.9. The quantitative estimate of drug-likeness (QED) is 0.733. The molecule has 0 saturated heterocycles. The second-order valence-electron chi connectivity index (χ2n) is 2.45. The van der Waals surface area contributed by atoms with E-state index in [0.29, 0.717) is 0 Å². The van der Waals surface area contributed by atoms with Crippen LogP contribution >= 0.6 is 15.9 Å². The van der Waals surface area contributed by atoms with Crippen LogP contribution in [-0.2, 0) is 9.84 Å². The van der Waals surface area contributed by atoms with Crippen LogP contribution in [-0.4, -0.2) is 14.7 Å². The average molecular weight is 271 g/mol. The lowest BCUT2D eigenvalue weighted by molar-refractivity contribution is 0.481. The molecule has 72 valence electrons. The van der Waals surface area contributed by atoms with Crippen molar-refractivity contribution in [3.8, 4) is 0 Å². The Bertz CT molecular complexity index is 442. The predicted octanol–water partition coefficient (Wildman–Crippen LogP) is 2.13. The van der Waals surface area contributed by atoms with Gasteiger partial charge in [-0.05, 0) is 28.1 Å². The van der Waals surface area contributed by atoms with Crippen molar-refractivity contribution in [1.29, 1.82) is 0 Å². The molecule has 2 nitrogen and oxygen atoms in total. The summed E-state index contributed by atoms with van der Waals surface area (Å²) in [5, 5.41) is 0. The molecule has 0 amide bonds. The summed E-state index contributed by atoms with van der Waals surface area (Å²) < 4.78 is 47.5. The van der Waals surface area contributed by atoms with Gasteiger partial charge in [0.05, 0.1) is 4.47 Å². The third-order valence-electron chi connectivity index (χ3n) is 1.40. The van der Waals surface area contributed by atoms with Crippen molar-refractivity contribution in [3.63, 3.8) is 0 Å². The Kier molecular flexibility index (Phi) is 2.72. The first-order valence-electron chi connectivity index (χ1n) is 3.17. The van der Waals surface area contributed by atoms with Crippen molar-refractivity contribution in [2.75, 3.05) is 6.26 Å². The smallest absolute Gasteiger partial charge is 0.178 e. The summed E-state index contributed by atoms with van der Waals surface area (Å²) in [4.78, 5) is -0.631. The molecule has 1 aromatic rings. The zero-order valence-corrected chi connectivity index (χ0v) is 8.92. The Morgan fingerprint density at radius 1 is 1.23 bits per heavy atom. The maximum atomic E-state index is 13.0. The molecule has 0 heterocycles. The van der Waals surface area contributed by atoms with Gasteiger partial charge in [0.25, 0.3) is 0 Å². The van der Waals surface area contributed by atoms with Gasteiger partial charge >= 0.3 is 0 Å². The second kappa shape index (κ2) is 3.34. The summed E-state index contributed by atoms with van der Waals surface area (Å²) in [6, 6.07) is 2.16. The van der Waals surface area contributed by atoms with Gasteiger partial charge in [0.2, 0.25) is 0 Å². The molecule has 0 radical (unpaired) electrons. The van der Waals surface area contributed by atoms with E-state index in [0.717, 1.165) is 18.4 Å². The SMILES string of the molecule is CS(=O)(=O)c1ccc(Br)c(F)c1F. The first-order chi connectivity index (χ1) is 5.84. The van der Waals surface area contributed by atoms with E-state index >= 15 is 0 Å². The first-order valence-corrected chi connectivity index (χ1v) is 5.86. The minimum atomic E-state index is -3.71. The first kappa shape index (κ1) is 10.6. The van der Waals surface area contributed by atoms with Crippen LogP contribution in [0.5, 0.6) is 0 Å². The van der Waals surface area contributed by atoms with Crippen molar-refractivity contribution in [3.05, 3.63) is 28.2 Å². The van der Waals surface area contributed by atoms with Gasteiger partial charge in [-0.25, -0.2) is 17.2 Å². The van der Waals surface area contributed by atoms with E-state index in [-0.39, 0.29) is 4.47 Å². The monoisotopic (exact) mass is 270 g/mol. The average Bonchev–Trinajstić information content (AvgIpc) is 1.98. The Morgan fingerprint density at radius 2 is 1.77 bits per heavy atom. The number of benzene rings is 1. The van der Waals surface area contributed by atoms with Gasteiger partial charge < -0.3 is 0 Å². The van der Waals surface area contributed by atoms with Gasteiger partial charge in [-0.3, -0.25) is 0 Å².